The SMILES string of the molecule is CCCn1c(Cl)c(/C=N/Nc2cccc([N+](=O)[O-])c2)c2ccccc21. The van der Waals surface area contributed by atoms with Gasteiger partial charge in [-0.3, -0.25) is 15.5 Å². The Kier molecular flexibility index (Phi) is 5.00. The molecule has 7 heteroatoms. The van der Waals surface area contributed by atoms with Crippen molar-refractivity contribution in [2.24, 2.45) is 5.10 Å². The van der Waals surface area contributed by atoms with E-state index in [9.17, 15) is 10.1 Å². The van der Waals surface area contributed by atoms with Gasteiger partial charge in [0.15, 0.2) is 0 Å². The molecule has 0 bridgehead atoms. The Balaban J connectivity index is 1.90. The Morgan fingerprint density at radius 2 is 2.08 bits per heavy atom. The summed E-state index contributed by atoms with van der Waals surface area (Å²) in [6, 6.07) is 14.2. The van der Waals surface area contributed by atoms with E-state index in [-0.39, 0.29) is 5.69 Å². The number of nitrogens with one attached hydrogen (secondary N) is 1. The first-order valence-electron chi connectivity index (χ1n) is 7.92. The van der Waals surface area contributed by atoms with Crippen molar-refractivity contribution in [3.05, 3.63) is 69.4 Å². The van der Waals surface area contributed by atoms with E-state index in [1.165, 1.54) is 12.1 Å². The lowest BCUT2D eigenvalue weighted by Crippen LogP contribution is -1.97. The second-order valence-corrected chi connectivity index (χ2v) is 5.91. The van der Waals surface area contributed by atoms with E-state index in [0.717, 1.165) is 29.4 Å². The third-order valence-corrected chi connectivity index (χ3v) is 4.24. The lowest BCUT2D eigenvalue weighted by atomic mass is 10.2. The number of aryl methyl sites for hydroxylation is 1. The molecule has 3 rings (SSSR count). The summed E-state index contributed by atoms with van der Waals surface area (Å²) in [5.74, 6) is 0. The Morgan fingerprint density at radius 3 is 2.84 bits per heavy atom. The summed E-state index contributed by atoms with van der Waals surface area (Å²) < 4.78 is 2.06. The summed E-state index contributed by atoms with van der Waals surface area (Å²) in [6.45, 7) is 2.92. The highest BCUT2D eigenvalue weighted by molar-refractivity contribution is 6.34. The van der Waals surface area contributed by atoms with Crippen molar-refractivity contribution in [1.82, 2.24) is 4.57 Å². The molecule has 2 aromatic carbocycles. The van der Waals surface area contributed by atoms with Crippen LogP contribution >= 0.6 is 11.6 Å². The second kappa shape index (κ2) is 7.36. The minimum absolute atomic E-state index is 0.0118. The van der Waals surface area contributed by atoms with Gasteiger partial charge in [-0.1, -0.05) is 42.8 Å². The number of aromatic nitrogens is 1. The van der Waals surface area contributed by atoms with Crippen molar-refractivity contribution < 1.29 is 4.92 Å². The smallest absolute Gasteiger partial charge is 0.271 e. The zero-order valence-electron chi connectivity index (χ0n) is 13.6. The summed E-state index contributed by atoms with van der Waals surface area (Å²) in [4.78, 5) is 10.4. The molecule has 0 fully saturated rings. The minimum atomic E-state index is -0.440. The summed E-state index contributed by atoms with van der Waals surface area (Å²) in [5, 5.41) is 16.7. The highest BCUT2D eigenvalue weighted by Crippen LogP contribution is 2.29. The maximum atomic E-state index is 10.8. The largest absolute Gasteiger partial charge is 0.331 e. The van der Waals surface area contributed by atoms with Crippen LogP contribution in [-0.2, 0) is 6.54 Å². The molecular formula is C18H17ClN4O2. The molecule has 1 N–H and O–H groups in total. The number of para-hydroxylation sites is 1. The van der Waals surface area contributed by atoms with Gasteiger partial charge in [-0.2, -0.15) is 5.10 Å². The van der Waals surface area contributed by atoms with Crippen molar-refractivity contribution in [3.63, 3.8) is 0 Å². The molecule has 25 heavy (non-hydrogen) atoms. The van der Waals surface area contributed by atoms with Crippen molar-refractivity contribution >= 4 is 40.1 Å². The molecule has 0 amide bonds. The fraction of sp³-hybridized carbons (Fsp3) is 0.167. The zero-order valence-corrected chi connectivity index (χ0v) is 14.4. The van der Waals surface area contributed by atoms with Gasteiger partial charge in [-0.05, 0) is 18.6 Å². The standard InChI is InChI=1S/C18H17ClN4O2/c1-2-10-22-17-9-4-3-8-15(17)16(18(22)19)12-20-21-13-6-5-7-14(11-13)23(24)25/h3-9,11-12,21H,2,10H2,1H3/b20-12+. The summed E-state index contributed by atoms with van der Waals surface area (Å²) in [6.07, 6.45) is 2.62. The van der Waals surface area contributed by atoms with Crippen LogP contribution in [0.3, 0.4) is 0 Å². The molecule has 0 saturated carbocycles. The van der Waals surface area contributed by atoms with Crippen molar-refractivity contribution in [2.75, 3.05) is 5.43 Å². The maximum Gasteiger partial charge on any atom is 0.271 e. The Morgan fingerprint density at radius 1 is 1.28 bits per heavy atom. The van der Waals surface area contributed by atoms with Gasteiger partial charge < -0.3 is 4.57 Å². The van der Waals surface area contributed by atoms with Crippen LogP contribution in [0.2, 0.25) is 5.15 Å². The number of non-ortho nitro benzene ring substituents is 1. The Hall–Kier alpha value is -2.86. The van der Waals surface area contributed by atoms with Crippen LogP contribution in [0.25, 0.3) is 10.9 Å². The topological polar surface area (TPSA) is 72.5 Å². The van der Waals surface area contributed by atoms with Crippen molar-refractivity contribution in [3.8, 4) is 0 Å². The lowest BCUT2D eigenvalue weighted by molar-refractivity contribution is -0.384. The number of benzene rings is 2. The number of nitrogens with zero attached hydrogens (tertiary/aromatic N) is 3. The molecule has 0 unspecified atom stereocenters. The Bertz CT molecular complexity index is 949. The fourth-order valence-corrected chi connectivity index (χ4v) is 3.05. The van der Waals surface area contributed by atoms with Crippen LogP contribution in [0.15, 0.2) is 53.6 Å². The highest BCUT2D eigenvalue weighted by atomic mass is 35.5. The summed E-state index contributed by atoms with van der Waals surface area (Å²) in [5.41, 5.74) is 5.26. The second-order valence-electron chi connectivity index (χ2n) is 5.55. The van der Waals surface area contributed by atoms with E-state index in [1.807, 2.05) is 24.3 Å². The molecule has 6 nitrogen and oxygen atoms in total. The molecule has 0 radical (unpaired) electrons. The Labute approximate surface area is 149 Å². The molecule has 0 atom stereocenters. The molecule has 128 valence electrons. The first-order chi connectivity index (χ1) is 12.1. The van der Waals surface area contributed by atoms with Gasteiger partial charge >= 0.3 is 0 Å². The summed E-state index contributed by atoms with van der Waals surface area (Å²) >= 11 is 6.53. The number of anilines is 1. The molecule has 0 saturated heterocycles. The molecule has 0 aliphatic heterocycles. The van der Waals surface area contributed by atoms with Gasteiger partial charge in [0.1, 0.15) is 5.15 Å². The van der Waals surface area contributed by atoms with Crippen molar-refractivity contribution in [1.29, 1.82) is 0 Å². The highest BCUT2D eigenvalue weighted by Gasteiger charge is 2.13. The predicted octanol–water partition coefficient (Wildman–Crippen LogP) is 5.06. The molecule has 0 spiro atoms. The van der Waals surface area contributed by atoms with E-state index in [1.54, 1.807) is 18.3 Å². The molecular weight excluding hydrogens is 340 g/mol. The molecule has 0 aliphatic rings. The quantitative estimate of drug-likeness (QED) is 0.381. The van der Waals surface area contributed by atoms with E-state index in [4.69, 9.17) is 11.6 Å². The monoisotopic (exact) mass is 356 g/mol. The van der Waals surface area contributed by atoms with E-state index in [0.29, 0.717) is 10.8 Å². The number of hydrogen-bond donors (Lipinski definition) is 1. The molecule has 1 aromatic heterocycles. The van der Waals surface area contributed by atoms with Crippen LogP contribution in [0.1, 0.15) is 18.9 Å². The number of fused-ring (bicyclic) bond motifs is 1. The molecule has 1 heterocycles. The molecule has 0 aliphatic carbocycles. The maximum absolute atomic E-state index is 10.8. The van der Waals surface area contributed by atoms with E-state index < -0.39 is 4.92 Å². The van der Waals surface area contributed by atoms with Gasteiger partial charge in [-0.25, -0.2) is 0 Å². The normalized spacial score (nSPS) is 11.3. The van der Waals surface area contributed by atoms with Gasteiger partial charge in [0.05, 0.1) is 16.8 Å². The number of nitro groups is 1. The summed E-state index contributed by atoms with van der Waals surface area (Å²) in [7, 11) is 0. The zero-order chi connectivity index (χ0) is 17.8. The predicted molar refractivity (Wildman–Crippen MR) is 102 cm³/mol. The van der Waals surface area contributed by atoms with E-state index in [2.05, 4.69) is 22.0 Å². The number of hydrogen-bond acceptors (Lipinski definition) is 4. The third kappa shape index (κ3) is 3.49. The average molecular weight is 357 g/mol. The van der Waals surface area contributed by atoms with Gasteiger partial charge in [-0.15, -0.1) is 0 Å². The number of halogens is 1. The van der Waals surface area contributed by atoms with Gasteiger partial charge in [0.2, 0.25) is 0 Å². The van der Waals surface area contributed by atoms with Gasteiger partial charge in [0.25, 0.3) is 5.69 Å². The fourth-order valence-electron chi connectivity index (χ4n) is 2.72. The van der Waals surface area contributed by atoms with Gasteiger partial charge in [0, 0.05) is 35.1 Å². The minimum Gasteiger partial charge on any atom is -0.331 e. The molecule has 3 aromatic rings. The third-order valence-electron chi connectivity index (χ3n) is 3.84. The van der Waals surface area contributed by atoms with E-state index >= 15 is 0 Å². The number of hydrazone groups is 1. The first kappa shape index (κ1) is 17.0. The van der Waals surface area contributed by atoms with Crippen molar-refractivity contribution in [2.45, 2.75) is 19.9 Å². The number of rotatable bonds is 6. The van der Waals surface area contributed by atoms with Crippen LogP contribution in [0, 0.1) is 10.1 Å². The van der Waals surface area contributed by atoms with Crippen LogP contribution < -0.4 is 5.43 Å². The van der Waals surface area contributed by atoms with Crippen LogP contribution in [0.5, 0.6) is 0 Å². The first-order valence-corrected chi connectivity index (χ1v) is 8.30. The van der Waals surface area contributed by atoms with Crippen LogP contribution in [0.4, 0.5) is 11.4 Å². The number of nitro benzene ring substituents is 1. The lowest BCUT2D eigenvalue weighted by Gasteiger charge is -2.04. The van der Waals surface area contributed by atoms with Crippen LogP contribution in [-0.4, -0.2) is 15.7 Å². The average Bonchev–Trinajstić information content (AvgIpc) is 2.88.